The molecule has 0 saturated heterocycles. The summed E-state index contributed by atoms with van der Waals surface area (Å²) in [6.45, 7) is 5.21. The number of phenols is 3. The second kappa shape index (κ2) is 4.26. The van der Waals surface area contributed by atoms with Crippen LogP contribution < -0.4 is 0 Å². The summed E-state index contributed by atoms with van der Waals surface area (Å²) in [5.74, 6) is -0.236. The van der Waals surface area contributed by atoms with Crippen molar-refractivity contribution in [3.8, 4) is 28.4 Å². The van der Waals surface area contributed by atoms with Gasteiger partial charge in [-0.1, -0.05) is 29.8 Å². The zero-order valence-electron chi connectivity index (χ0n) is 10.7. The predicted octanol–water partition coefficient (Wildman–Crippen LogP) is 3.40. The lowest BCUT2D eigenvalue weighted by Gasteiger charge is -2.14. The molecule has 2 aromatic rings. The SMILES string of the molecule is Cc1ccc(-c2c(O)c(C)c(O)c(C)c2O)cc1. The minimum Gasteiger partial charge on any atom is -0.507 e. The van der Waals surface area contributed by atoms with E-state index in [2.05, 4.69) is 0 Å². The summed E-state index contributed by atoms with van der Waals surface area (Å²) in [4.78, 5) is 0. The minimum absolute atomic E-state index is 0.0686. The highest BCUT2D eigenvalue weighted by Gasteiger charge is 2.19. The first-order valence-electron chi connectivity index (χ1n) is 5.74. The van der Waals surface area contributed by atoms with Gasteiger partial charge >= 0.3 is 0 Å². The zero-order chi connectivity index (χ0) is 13.4. The van der Waals surface area contributed by atoms with Gasteiger partial charge in [0.15, 0.2) is 0 Å². The molecule has 18 heavy (non-hydrogen) atoms. The Kier molecular flexibility index (Phi) is 2.91. The van der Waals surface area contributed by atoms with Crippen LogP contribution in [0.3, 0.4) is 0 Å². The maximum atomic E-state index is 10.1. The van der Waals surface area contributed by atoms with E-state index in [-0.39, 0.29) is 17.2 Å². The van der Waals surface area contributed by atoms with Crippen LogP contribution in [0.2, 0.25) is 0 Å². The molecule has 0 aromatic heterocycles. The van der Waals surface area contributed by atoms with Crippen molar-refractivity contribution in [1.82, 2.24) is 0 Å². The number of phenolic OH excluding ortho intramolecular Hbond substituents is 3. The lowest BCUT2D eigenvalue weighted by Crippen LogP contribution is -1.89. The molecule has 0 amide bonds. The van der Waals surface area contributed by atoms with E-state index in [1.807, 2.05) is 31.2 Å². The fourth-order valence-electron chi connectivity index (χ4n) is 1.99. The van der Waals surface area contributed by atoms with Crippen molar-refractivity contribution >= 4 is 0 Å². The molecule has 0 spiro atoms. The van der Waals surface area contributed by atoms with E-state index in [0.717, 1.165) is 11.1 Å². The van der Waals surface area contributed by atoms with Gasteiger partial charge in [-0.05, 0) is 26.3 Å². The third-order valence-corrected chi connectivity index (χ3v) is 3.23. The van der Waals surface area contributed by atoms with Crippen LogP contribution in [0.15, 0.2) is 24.3 Å². The Labute approximate surface area is 106 Å². The van der Waals surface area contributed by atoms with Gasteiger partial charge in [-0.2, -0.15) is 0 Å². The number of aryl methyl sites for hydroxylation is 1. The molecule has 0 unspecified atom stereocenters. The van der Waals surface area contributed by atoms with Crippen molar-refractivity contribution in [1.29, 1.82) is 0 Å². The predicted molar refractivity (Wildman–Crippen MR) is 71.1 cm³/mol. The van der Waals surface area contributed by atoms with Gasteiger partial charge in [0, 0.05) is 11.1 Å². The van der Waals surface area contributed by atoms with Crippen LogP contribution >= 0.6 is 0 Å². The first-order chi connectivity index (χ1) is 8.43. The topological polar surface area (TPSA) is 60.7 Å². The van der Waals surface area contributed by atoms with Gasteiger partial charge < -0.3 is 15.3 Å². The maximum absolute atomic E-state index is 10.1. The molecule has 0 atom stereocenters. The average Bonchev–Trinajstić information content (AvgIpc) is 2.36. The number of hydrogen-bond acceptors (Lipinski definition) is 3. The lowest BCUT2D eigenvalue weighted by molar-refractivity contribution is 0.420. The number of hydrogen-bond donors (Lipinski definition) is 3. The van der Waals surface area contributed by atoms with Gasteiger partial charge in [-0.3, -0.25) is 0 Å². The second-order valence-electron chi connectivity index (χ2n) is 4.54. The van der Waals surface area contributed by atoms with Gasteiger partial charge in [-0.15, -0.1) is 0 Å². The van der Waals surface area contributed by atoms with Crippen LogP contribution in [0.25, 0.3) is 11.1 Å². The molecule has 2 rings (SSSR count). The summed E-state index contributed by atoms with van der Waals surface area (Å²) < 4.78 is 0. The molecular weight excluding hydrogens is 228 g/mol. The fourth-order valence-corrected chi connectivity index (χ4v) is 1.99. The van der Waals surface area contributed by atoms with Crippen LogP contribution in [-0.2, 0) is 0 Å². The molecule has 3 N–H and O–H groups in total. The number of rotatable bonds is 1. The highest BCUT2D eigenvalue weighted by Crippen LogP contribution is 2.46. The molecular formula is C15H16O3. The van der Waals surface area contributed by atoms with E-state index < -0.39 is 0 Å². The number of aromatic hydroxyl groups is 3. The Morgan fingerprint density at radius 2 is 1.11 bits per heavy atom. The van der Waals surface area contributed by atoms with Crippen molar-refractivity contribution in [2.24, 2.45) is 0 Å². The van der Waals surface area contributed by atoms with Crippen LogP contribution in [0.5, 0.6) is 17.2 Å². The van der Waals surface area contributed by atoms with Crippen molar-refractivity contribution in [2.75, 3.05) is 0 Å². The zero-order valence-corrected chi connectivity index (χ0v) is 10.7. The molecule has 94 valence electrons. The van der Waals surface area contributed by atoms with E-state index in [4.69, 9.17) is 0 Å². The third-order valence-electron chi connectivity index (χ3n) is 3.23. The summed E-state index contributed by atoms with van der Waals surface area (Å²) >= 11 is 0. The van der Waals surface area contributed by atoms with Gasteiger partial charge in [0.25, 0.3) is 0 Å². The fraction of sp³-hybridized carbons (Fsp3) is 0.200. The maximum Gasteiger partial charge on any atom is 0.133 e. The van der Waals surface area contributed by atoms with Crippen LogP contribution in [0, 0.1) is 20.8 Å². The van der Waals surface area contributed by atoms with Gasteiger partial charge in [0.05, 0.1) is 5.56 Å². The summed E-state index contributed by atoms with van der Waals surface area (Å²) in [7, 11) is 0. The highest BCUT2D eigenvalue weighted by molar-refractivity contribution is 5.81. The monoisotopic (exact) mass is 244 g/mol. The first-order valence-corrected chi connectivity index (χ1v) is 5.74. The molecule has 0 bridgehead atoms. The van der Waals surface area contributed by atoms with E-state index in [1.54, 1.807) is 13.8 Å². The molecule has 0 saturated carbocycles. The minimum atomic E-state index is -0.0838. The summed E-state index contributed by atoms with van der Waals surface area (Å²) in [5.41, 5.74) is 2.94. The summed E-state index contributed by atoms with van der Waals surface area (Å²) in [5, 5.41) is 29.9. The molecule has 3 nitrogen and oxygen atoms in total. The van der Waals surface area contributed by atoms with Gasteiger partial charge in [0.1, 0.15) is 17.2 Å². The van der Waals surface area contributed by atoms with Crippen molar-refractivity contribution in [3.05, 3.63) is 41.0 Å². The van der Waals surface area contributed by atoms with Gasteiger partial charge in [-0.25, -0.2) is 0 Å². The van der Waals surface area contributed by atoms with E-state index >= 15 is 0 Å². The smallest absolute Gasteiger partial charge is 0.133 e. The van der Waals surface area contributed by atoms with Crippen molar-refractivity contribution in [2.45, 2.75) is 20.8 Å². The molecule has 0 radical (unpaired) electrons. The highest BCUT2D eigenvalue weighted by atomic mass is 16.3. The molecule has 0 aliphatic carbocycles. The standard InChI is InChI=1S/C15H16O3/c1-8-4-6-11(7-5-8)12-14(17)9(2)13(16)10(3)15(12)18/h4-7,16-18H,1-3H3. The Hall–Kier alpha value is -2.16. The normalized spacial score (nSPS) is 10.6. The van der Waals surface area contributed by atoms with Crippen LogP contribution in [0.1, 0.15) is 16.7 Å². The molecule has 2 aromatic carbocycles. The van der Waals surface area contributed by atoms with Crippen molar-refractivity contribution in [3.63, 3.8) is 0 Å². The largest absolute Gasteiger partial charge is 0.507 e. The van der Waals surface area contributed by atoms with Crippen LogP contribution in [-0.4, -0.2) is 15.3 Å². The average molecular weight is 244 g/mol. The Balaban J connectivity index is 2.75. The summed E-state index contributed by atoms with van der Waals surface area (Å²) in [6.07, 6.45) is 0. The Bertz CT molecular complexity index is 569. The van der Waals surface area contributed by atoms with Gasteiger partial charge in [0.2, 0.25) is 0 Å². The first kappa shape index (κ1) is 12.3. The molecule has 0 heterocycles. The van der Waals surface area contributed by atoms with E-state index in [0.29, 0.717) is 16.7 Å². The van der Waals surface area contributed by atoms with E-state index in [9.17, 15) is 15.3 Å². The Morgan fingerprint density at radius 3 is 1.56 bits per heavy atom. The molecule has 0 fully saturated rings. The molecule has 0 aliphatic heterocycles. The van der Waals surface area contributed by atoms with Crippen molar-refractivity contribution < 1.29 is 15.3 Å². The summed E-state index contributed by atoms with van der Waals surface area (Å²) in [6, 6.07) is 7.48. The second-order valence-corrected chi connectivity index (χ2v) is 4.54. The molecule has 0 aliphatic rings. The van der Waals surface area contributed by atoms with E-state index in [1.165, 1.54) is 0 Å². The third kappa shape index (κ3) is 1.78. The quantitative estimate of drug-likeness (QED) is 0.720. The van der Waals surface area contributed by atoms with Crippen LogP contribution in [0.4, 0.5) is 0 Å². The number of benzene rings is 2. The Morgan fingerprint density at radius 1 is 0.667 bits per heavy atom. The lowest BCUT2D eigenvalue weighted by atomic mass is 9.96. The molecule has 3 heteroatoms.